The van der Waals surface area contributed by atoms with Crippen LogP contribution in [0, 0.1) is 0 Å². The number of aliphatic hydroxyl groups is 4. The quantitative estimate of drug-likeness (QED) is 0.331. The van der Waals surface area contributed by atoms with Crippen LogP contribution in [0.4, 0.5) is 0 Å². The molecule has 0 radical (unpaired) electrons. The van der Waals surface area contributed by atoms with E-state index >= 15 is 0 Å². The first-order valence-corrected chi connectivity index (χ1v) is 6.13. The molecule has 0 spiro atoms. The van der Waals surface area contributed by atoms with Crippen LogP contribution in [0.2, 0.25) is 0 Å². The zero-order valence-corrected chi connectivity index (χ0v) is 8.99. The topological polar surface area (TPSA) is 145 Å². The van der Waals surface area contributed by atoms with Crippen molar-refractivity contribution in [3.63, 3.8) is 0 Å². The van der Waals surface area contributed by atoms with Gasteiger partial charge < -0.3 is 25.2 Å². The average molecular weight is 258 g/mol. The molecule has 0 aromatic heterocycles. The van der Waals surface area contributed by atoms with Crippen LogP contribution in [-0.2, 0) is 14.9 Å². The molecule has 1 rings (SSSR count). The van der Waals surface area contributed by atoms with Crippen LogP contribution >= 0.6 is 0 Å². The summed E-state index contributed by atoms with van der Waals surface area (Å²) in [6.07, 6.45) is -7.41. The lowest BCUT2D eigenvalue weighted by atomic mass is 9.96. The number of hydrogen-bond donors (Lipinski definition) is 5. The molecule has 1 aliphatic heterocycles. The molecule has 0 aromatic carbocycles. The maximum Gasteiger partial charge on any atom is 0.267 e. The van der Waals surface area contributed by atoms with Crippen LogP contribution < -0.4 is 0 Å². The predicted molar refractivity (Wildman–Crippen MR) is 50.2 cm³/mol. The fourth-order valence-electron chi connectivity index (χ4n) is 1.52. The normalized spacial score (nSPS) is 40.9. The van der Waals surface area contributed by atoms with E-state index in [1.165, 1.54) is 0 Å². The first-order chi connectivity index (χ1) is 7.26. The molecular weight excluding hydrogens is 244 g/mol. The van der Waals surface area contributed by atoms with Crippen LogP contribution in [0.25, 0.3) is 0 Å². The Labute approximate surface area is 91.8 Å². The second kappa shape index (κ2) is 4.92. The lowest BCUT2D eigenvalue weighted by Crippen LogP contribution is -2.59. The molecule has 5 atom stereocenters. The van der Waals surface area contributed by atoms with Gasteiger partial charge in [-0.25, -0.2) is 0 Å². The summed E-state index contributed by atoms with van der Waals surface area (Å²) in [5, 5.41) is 36.8. The summed E-state index contributed by atoms with van der Waals surface area (Å²) in [6, 6.07) is 0. The summed E-state index contributed by atoms with van der Waals surface area (Å²) in [6.45, 7) is -0.646. The van der Waals surface area contributed by atoms with Gasteiger partial charge in [0, 0.05) is 0 Å². The lowest BCUT2D eigenvalue weighted by Gasteiger charge is -2.39. The molecule has 1 fully saturated rings. The molecule has 0 aromatic rings. The van der Waals surface area contributed by atoms with Crippen molar-refractivity contribution in [2.45, 2.75) is 30.5 Å². The highest BCUT2D eigenvalue weighted by atomic mass is 32.2. The van der Waals surface area contributed by atoms with Crippen LogP contribution in [0.15, 0.2) is 0 Å². The van der Waals surface area contributed by atoms with Gasteiger partial charge in [-0.05, 0) is 0 Å². The van der Waals surface area contributed by atoms with Crippen molar-refractivity contribution in [3.05, 3.63) is 0 Å². The fraction of sp³-hybridized carbons (Fsp3) is 1.00. The summed E-state index contributed by atoms with van der Waals surface area (Å²) in [4.78, 5) is 0. The van der Waals surface area contributed by atoms with E-state index in [0.717, 1.165) is 0 Å². The molecule has 96 valence electrons. The van der Waals surface area contributed by atoms with Gasteiger partial charge in [0.25, 0.3) is 10.1 Å². The molecule has 0 bridgehead atoms. The highest BCUT2D eigenvalue weighted by Gasteiger charge is 2.44. The molecule has 0 saturated carbocycles. The van der Waals surface area contributed by atoms with E-state index in [-0.39, 0.29) is 0 Å². The molecule has 0 unspecified atom stereocenters. The second-order valence-corrected chi connectivity index (χ2v) is 5.11. The first-order valence-electron chi connectivity index (χ1n) is 4.52. The molecule has 0 amide bonds. The highest BCUT2D eigenvalue weighted by Crippen LogP contribution is 2.21. The van der Waals surface area contributed by atoms with E-state index in [1.54, 1.807) is 0 Å². The summed E-state index contributed by atoms with van der Waals surface area (Å²) in [7, 11) is -4.39. The monoisotopic (exact) mass is 258 g/mol. The van der Waals surface area contributed by atoms with Gasteiger partial charge in [0.1, 0.15) is 36.3 Å². The maximum atomic E-state index is 10.6. The van der Waals surface area contributed by atoms with Crippen molar-refractivity contribution in [2.24, 2.45) is 0 Å². The largest absolute Gasteiger partial charge is 0.394 e. The predicted octanol–water partition coefficient (Wildman–Crippen LogP) is -3.28. The van der Waals surface area contributed by atoms with E-state index in [9.17, 15) is 23.7 Å². The molecular formula is C7H14O8S. The minimum Gasteiger partial charge on any atom is -0.394 e. The Morgan fingerprint density at radius 1 is 1.00 bits per heavy atom. The Morgan fingerprint density at radius 3 is 1.94 bits per heavy atom. The van der Waals surface area contributed by atoms with Crippen molar-refractivity contribution in [3.8, 4) is 0 Å². The first kappa shape index (κ1) is 13.8. The van der Waals surface area contributed by atoms with Crippen molar-refractivity contribution in [1.29, 1.82) is 0 Å². The van der Waals surface area contributed by atoms with Gasteiger partial charge in [0.05, 0.1) is 6.61 Å². The third-order valence-electron chi connectivity index (χ3n) is 2.37. The van der Waals surface area contributed by atoms with Crippen LogP contribution in [0.3, 0.4) is 0 Å². The fourth-order valence-corrected chi connectivity index (χ4v) is 2.21. The summed E-state index contributed by atoms with van der Waals surface area (Å²) >= 11 is 0. The number of aliphatic hydroxyl groups excluding tert-OH is 4. The van der Waals surface area contributed by atoms with Gasteiger partial charge in [-0.3, -0.25) is 4.55 Å². The highest BCUT2D eigenvalue weighted by molar-refractivity contribution is 7.85. The third-order valence-corrected chi connectivity index (χ3v) is 3.12. The van der Waals surface area contributed by atoms with E-state index < -0.39 is 53.0 Å². The molecule has 16 heavy (non-hydrogen) atoms. The Bertz CT molecular complexity index is 325. The molecule has 5 N–H and O–H groups in total. The molecule has 0 aliphatic carbocycles. The summed E-state index contributed by atoms with van der Waals surface area (Å²) < 4.78 is 34.6. The van der Waals surface area contributed by atoms with Gasteiger partial charge in [-0.1, -0.05) is 0 Å². The lowest BCUT2D eigenvalue weighted by molar-refractivity contribution is -0.223. The van der Waals surface area contributed by atoms with Gasteiger partial charge in [0.2, 0.25) is 0 Å². The molecule has 1 heterocycles. The van der Waals surface area contributed by atoms with Crippen molar-refractivity contribution in [2.75, 3.05) is 12.4 Å². The van der Waals surface area contributed by atoms with E-state index in [2.05, 4.69) is 0 Å². The molecule has 8 nitrogen and oxygen atoms in total. The third kappa shape index (κ3) is 3.10. The smallest absolute Gasteiger partial charge is 0.267 e. The van der Waals surface area contributed by atoms with Crippen molar-refractivity contribution in [1.82, 2.24) is 0 Å². The van der Waals surface area contributed by atoms with Crippen LogP contribution in [0.1, 0.15) is 0 Å². The van der Waals surface area contributed by atoms with Gasteiger partial charge in [0.15, 0.2) is 0 Å². The SMILES string of the molecule is O=S(=O)(O)C[C@@H]1O[C@H](CO)[C@@H](O)[C@H](O)[C@H]1O. The minimum absolute atomic E-state index is 0.646. The van der Waals surface area contributed by atoms with Gasteiger partial charge in [-0.2, -0.15) is 8.42 Å². The van der Waals surface area contributed by atoms with Crippen LogP contribution in [-0.4, -0.2) is 76.3 Å². The van der Waals surface area contributed by atoms with Gasteiger partial charge >= 0.3 is 0 Å². The summed E-state index contributed by atoms with van der Waals surface area (Å²) in [5.41, 5.74) is 0. The zero-order chi connectivity index (χ0) is 12.5. The number of rotatable bonds is 3. The minimum atomic E-state index is -4.39. The number of ether oxygens (including phenoxy) is 1. The summed E-state index contributed by atoms with van der Waals surface area (Å²) in [5.74, 6) is -0.922. The molecule has 1 aliphatic rings. The van der Waals surface area contributed by atoms with E-state index in [1.807, 2.05) is 0 Å². The zero-order valence-electron chi connectivity index (χ0n) is 8.17. The maximum absolute atomic E-state index is 10.6. The molecule has 9 heteroatoms. The Morgan fingerprint density at radius 2 is 1.50 bits per heavy atom. The Kier molecular flexibility index (Phi) is 4.23. The standard InChI is InChI=1S/C7H14O8S/c8-1-3-5(9)7(11)6(10)4(15-3)2-16(12,13)14/h3-11H,1-2H2,(H,12,13,14)/t3-,4+,5-,6+,7+/m1/s1. The van der Waals surface area contributed by atoms with Crippen LogP contribution in [0.5, 0.6) is 0 Å². The Hall–Kier alpha value is -0.290. The Balaban J connectivity index is 2.79. The van der Waals surface area contributed by atoms with E-state index in [0.29, 0.717) is 0 Å². The second-order valence-electron chi connectivity index (χ2n) is 3.62. The van der Waals surface area contributed by atoms with Crippen molar-refractivity contribution >= 4 is 10.1 Å². The average Bonchev–Trinajstić information content (AvgIpc) is 2.17. The van der Waals surface area contributed by atoms with E-state index in [4.69, 9.17) is 14.4 Å². The number of hydrogen-bond acceptors (Lipinski definition) is 7. The van der Waals surface area contributed by atoms with Gasteiger partial charge in [-0.15, -0.1) is 0 Å². The van der Waals surface area contributed by atoms with Crippen molar-refractivity contribution < 1.29 is 38.1 Å². The molecule has 1 saturated heterocycles.